The third-order valence-corrected chi connectivity index (χ3v) is 6.36. The van der Waals surface area contributed by atoms with Gasteiger partial charge in [0.2, 0.25) is 0 Å². The fourth-order valence-corrected chi connectivity index (χ4v) is 5.03. The zero-order chi connectivity index (χ0) is 19.7. The SMILES string of the molecule is c1ccc(-c2cc3ccccc3c3cc4c(nc23)-c2cccc3cccc-4c23)cc1. The fraction of sp³-hybridized carbons (Fsp3) is 0. The molecule has 1 heteroatoms. The monoisotopic (exact) mass is 379 g/mol. The number of aromatic nitrogens is 1. The van der Waals surface area contributed by atoms with E-state index in [9.17, 15) is 0 Å². The Labute approximate surface area is 174 Å². The van der Waals surface area contributed by atoms with Gasteiger partial charge < -0.3 is 0 Å². The summed E-state index contributed by atoms with van der Waals surface area (Å²) in [5, 5.41) is 6.32. The molecule has 0 amide bonds. The number of nitrogens with zero attached hydrogens (tertiary/aromatic N) is 1. The summed E-state index contributed by atoms with van der Waals surface area (Å²) in [5.74, 6) is 0. The summed E-state index contributed by atoms with van der Waals surface area (Å²) in [5.41, 5.74) is 8.34. The molecule has 0 aliphatic heterocycles. The highest BCUT2D eigenvalue weighted by Crippen LogP contribution is 2.48. The second-order valence-corrected chi connectivity index (χ2v) is 8.00. The van der Waals surface area contributed by atoms with Crippen LogP contribution in [0.2, 0.25) is 0 Å². The van der Waals surface area contributed by atoms with Crippen molar-refractivity contribution in [3.05, 3.63) is 103 Å². The van der Waals surface area contributed by atoms with Crippen LogP contribution in [0.25, 0.3) is 66.0 Å². The van der Waals surface area contributed by atoms with Gasteiger partial charge >= 0.3 is 0 Å². The van der Waals surface area contributed by atoms with Crippen molar-refractivity contribution in [2.75, 3.05) is 0 Å². The lowest BCUT2D eigenvalue weighted by Gasteiger charge is -2.13. The van der Waals surface area contributed by atoms with Crippen LogP contribution in [0.5, 0.6) is 0 Å². The highest BCUT2D eigenvalue weighted by Gasteiger charge is 2.24. The van der Waals surface area contributed by atoms with Crippen molar-refractivity contribution in [3.63, 3.8) is 0 Å². The molecule has 5 aromatic carbocycles. The normalized spacial score (nSPS) is 12.0. The number of pyridine rings is 1. The fourth-order valence-electron chi connectivity index (χ4n) is 5.03. The van der Waals surface area contributed by atoms with Crippen molar-refractivity contribution in [1.82, 2.24) is 4.98 Å². The van der Waals surface area contributed by atoms with Gasteiger partial charge in [0.1, 0.15) is 0 Å². The standard InChI is InChI=1S/C29H17N/c1-2-8-18(9-3-1)24-16-20-10-4-5-13-21(20)25-17-26-22-14-6-11-19-12-7-15-23(27(19)22)28(26)30-29(24)25/h1-17H. The van der Waals surface area contributed by atoms with E-state index in [2.05, 4.69) is 103 Å². The van der Waals surface area contributed by atoms with Crippen LogP contribution in [-0.4, -0.2) is 4.98 Å². The van der Waals surface area contributed by atoms with Crippen molar-refractivity contribution >= 4 is 32.4 Å². The molecule has 30 heavy (non-hydrogen) atoms. The van der Waals surface area contributed by atoms with E-state index in [1.165, 1.54) is 54.7 Å². The summed E-state index contributed by atoms with van der Waals surface area (Å²) in [7, 11) is 0. The lowest BCUT2D eigenvalue weighted by Crippen LogP contribution is -1.91. The molecule has 138 valence electrons. The Morgan fingerprint density at radius 3 is 2.07 bits per heavy atom. The number of hydrogen-bond acceptors (Lipinski definition) is 1. The van der Waals surface area contributed by atoms with Crippen LogP contribution in [-0.2, 0) is 0 Å². The molecule has 0 N–H and O–H groups in total. The summed E-state index contributed by atoms with van der Waals surface area (Å²) in [4.78, 5) is 5.32. The lowest BCUT2D eigenvalue weighted by atomic mass is 9.94. The van der Waals surface area contributed by atoms with Gasteiger partial charge in [-0.25, -0.2) is 4.98 Å². The molecule has 6 aromatic rings. The smallest absolute Gasteiger partial charge is 0.0795 e. The van der Waals surface area contributed by atoms with Crippen molar-refractivity contribution in [3.8, 4) is 33.5 Å². The van der Waals surface area contributed by atoms with E-state index in [0.29, 0.717) is 0 Å². The molecule has 1 heterocycles. The Balaban J connectivity index is 1.68. The Morgan fingerprint density at radius 2 is 1.20 bits per heavy atom. The predicted molar refractivity (Wildman–Crippen MR) is 127 cm³/mol. The zero-order valence-electron chi connectivity index (χ0n) is 16.3. The molecule has 7 rings (SSSR count). The first-order chi connectivity index (χ1) is 14.9. The quantitative estimate of drug-likeness (QED) is 0.265. The predicted octanol–water partition coefficient (Wildman–Crippen LogP) is 7.86. The molecule has 1 nitrogen and oxygen atoms in total. The Morgan fingerprint density at radius 1 is 0.467 bits per heavy atom. The zero-order valence-corrected chi connectivity index (χ0v) is 16.3. The highest BCUT2D eigenvalue weighted by molar-refractivity contribution is 6.19. The largest absolute Gasteiger partial charge is 0.246 e. The first kappa shape index (κ1) is 15.9. The summed E-state index contributed by atoms with van der Waals surface area (Å²) in [6.07, 6.45) is 0. The highest BCUT2D eigenvalue weighted by atomic mass is 14.7. The van der Waals surface area contributed by atoms with Crippen molar-refractivity contribution < 1.29 is 0 Å². The molecule has 0 fully saturated rings. The second kappa shape index (κ2) is 5.77. The molecule has 0 radical (unpaired) electrons. The van der Waals surface area contributed by atoms with Gasteiger partial charge in [0.15, 0.2) is 0 Å². The third kappa shape index (κ3) is 2.04. The Kier molecular flexibility index (Phi) is 3.06. The maximum Gasteiger partial charge on any atom is 0.0795 e. The van der Waals surface area contributed by atoms with Gasteiger partial charge in [-0.15, -0.1) is 0 Å². The molecule has 0 atom stereocenters. The van der Waals surface area contributed by atoms with Gasteiger partial charge in [-0.2, -0.15) is 0 Å². The van der Waals surface area contributed by atoms with Gasteiger partial charge in [-0.3, -0.25) is 0 Å². The lowest BCUT2D eigenvalue weighted by molar-refractivity contribution is 1.43. The van der Waals surface area contributed by atoms with E-state index in [1.54, 1.807) is 0 Å². The van der Waals surface area contributed by atoms with Crippen molar-refractivity contribution in [1.29, 1.82) is 0 Å². The number of hydrogen-bond donors (Lipinski definition) is 0. The maximum atomic E-state index is 5.32. The number of rotatable bonds is 1. The molecular weight excluding hydrogens is 362 g/mol. The maximum absolute atomic E-state index is 5.32. The number of fused-ring (bicyclic) bond motifs is 6. The van der Waals surface area contributed by atoms with Crippen molar-refractivity contribution in [2.45, 2.75) is 0 Å². The minimum Gasteiger partial charge on any atom is -0.246 e. The molecule has 1 aromatic heterocycles. The van der Waals surface area contributed by atoms with E-state index >= 15 is 0 Å². The van der Waals surface area contributed by atoms with E-state index < -0.39 is 0 Å². The van der Waals surface area contributed by atoms with E-state index in [1.807, 2.05) is 0 Å². The second-order valence-electron chi connectivity index (χ2n) is 8.00. The van der Waals surface area contributed by atoms with Crippen LogP contribution >= 0.6 is 0 Å². The molecule has 0 saturated heterocycles. The third-order valence-electron chi connectivity index (χ3n) is 6.36. The minimum atomic E-state index is 1.07. The summed E-state index contributed by atoms with van der Waals surface area (Å²) in [6, 6.07) is 37.0. The van der Waals surface area contributed by atoms with Gasteiger partial charge in [-0.05, 0) is 44.8 Å². The summed E-state index contributed by atoms with van der Waals surface area (Å²) in [6.45, 7) is 0. The van der Waals surface area contributed by atoms with Crippen LogP contribution in [0.3, 0.4) is 0 Å². The van der Waals surface area contributed by atoms with Crippen LogP contribution in [0.4, 0.5) is 0 Å². The molecule has 0 bridgehead atoms. The average molecular weight is 379 g/mol. The molecule has 1 aliphatic rings. The van der Waals surface area contributed by atoms with E-state index in [0.717, 1.165) is 11.2 Å². The first-order valence-electron chi connectivity index (χ1n) is 10.3. The summed E-state index contributed by atoms with van der Waals surface area (Å²) < 4.78 is 0. The van der Waals surface area contributed by atoms with Crippen LogP contribution < -0.4 is 0 Å². The number of benzene rings is 5. The van der Waals surface area contributed by atoms with Gasteiger partial charge in [0.05, 0.1) is 11.2 Å². The van der Waals surface area contributed by atoms with Crippen LogP contribution in [0, 0.1) is 0 Å². The van der Waals surface area contributed by atoms with E-state index in [4.69, 9.17) is 4.98 Å². The van der Waals surface area contributed by atoms with E-state index in [-0.39, 0.29) is 0 Å². The van der Waals surface area contributed by atoms with Gasteiger partial charge in [0, 0.05) is 22.1 Å². The Bertz CT molecular complexity index is 1620. The molecule has 1 aliphatic carbocycles. The van der Waals surface area contributed by atoms with Gasteiger partial charge in [0.25, 0.3) is 0 Å². The Hall–Kier alpha value is -3.97. The topological polar surface area (TPSA) is 12.9 Å². The molecular formula is C29H17N. The van der Waals surface area contributed by atoms with Crippen LogP contribution in [0.15, 0.2) is 103 Å². The molecule has 0 spiro atoms. The van der Waals surface area contributed by atoms with Gasteiger partial charge in [-0.1, -0.05) is 91.0 Å². The average Bonchev–Trinajstić information content (AvgIpc) is 3.13. The summed E-state index contributed by atoms with van der Waals surface area (Å²) >= 11 is 0. The first-order valence-corrected chi connectivity index (χ1v) is 10.3. The molecule has 0 unspecified atom stereocenters. The van der Waals surface area contributed by atoms with Crippen LogP contribution in [0.1, 0.15) is 0 Å². The van der Waals surface area contributed by atoms with Crippen molar-refractivity contribution in [2.24, 2.45) is 0 Å². The minimum absolute atomic E-state index is 1.07. The molecule has 0 saturated carbocycles.